The molecule has 94 valence electrons. The van der Waals surface area contributed by atoms with E-state index >= 15 is 0 Å². The lowest BCUT2D eigenvalue weighted by molar-refractivity contribution is 0.0837. The van der Waals surface area contributed by atoms with Gasteiger partial charge in [0.05, 0.1) is 20.3 Å². The van der Waals surface area contributed by atoms with E-state index in [0.29, 0.717) is 6.04 Å². The Morgan fingerprint density at radius 3 is 3.12 bits per heavy atom. The van der Waals surface area contributed by atoms with Gasteiger partial charge in [-0.3, -0.25) is 0 Å². The van der Waals surface area contributed by atoms with E-state index in [4.69, 9.17) is 9.47 Å². The molecule has 1 aliphatic rings. The molecule has 1 saturated heterocycles. The first-order valence-electron chi connectivity index (χ1n) is 5.88. The van der Waals surface area contributed by atoms with Crippen molar-refractivity contribution in [2.24, 2.45) is 0 Å². The molecule has 0 radical (unpaired) electrons. The molecule has 1 aromatic carbocycles. The van der Waals surface area contributed by atoms with Crippen LogP contribution in [0.3, 0.4) is 0 Å². The van der Waals surface area contributed by atoms with Crippen molar-refractivity contribution in [3.05, 3.63) is 23.8 Å². The molecule has 0 bridgehead atoms. The lowest BCUT2D eigenvalue weighted by atomic mass is 10.2. The van der Waals surface area contributed by atoms with Crippen molar-refractivity contribution in [1.82, 2.24) is 5.32 Å². The predicted octanol–water partition coefficient (Wildman–Crippen LogP) is 2.08. The van der Waals surface area contributed by atoms with Gasteiger partial charge < -0.3 is 14.8 Å². The molecule has 3 nitrogen and oxygen atoms in total. The first-order chi connectivity index (χ1) is 8.29. The van der Waals surface area contributed by atoms with Crippen LogP contribution in [-0.2, 0) is 4.74 Å². The third kappa shape index (κ3) is 3.63. The zero-order valence-corrected chi connectivity index (χ0v) is 11.2. The fraction of sp³-hybridized carbons (Fsp3) is 0.538. The number of nitrogens with one attached hydrogen (secondary N) is 1. The van der Waals surface area contributed by atoms with Gasteiger partial charge in [0.15, 0.2) is 0 Å². The van der Waals surface area contributed by atoms with Crippen molar-refractivity contribution in [3.63, 3.8) is 0 Å². The average molecular weight is 253 g/mol. The van der Waals surface area contributed by atoms with Crippen molar-refractivity contribution in [2.45, 2.75) is 17.9 Å². The fourth-order valence-corrected chi connectivity index (χ4v) is 2.97. The van der Waals surface area contributed by atoms with Crippen molar-refractivity contribution in [2.75, 3.05) is 32.6 Å². The Labute approximate surface area is 107 Å². The summed E-state index contributed by atoms with van der Waals surface area (Å²) in [5.74, 6) is 1.97. The zero-order valence-electron chi connectivity index (χ0n) is 10.4. The summed E-state index contributed by atoms with van der Waals surface area (Å²) in [5.41, 5.74) is 1.26. The van der Waals surface area contributed by atoms with E-state index in [-0.39, 0.29) is 0 Å². The lowest BCUT2D eigenvalue weighted by Crippen LogP contribution is -2.42. The third-order valence-corrected chi connectivity index (χ3v) is 3.96. The molecule has 1 unspecified atom stereocenters. The molecule has 0 saturated carbocycles. The molecule has 1 fully saturated rings. The number of rotatable bonds is 4. The maximum atomic E-state index is 5.44. The highest BCUT2D eigenvalue weighted by atomic mass is 32.2. The van der Waals surface area contributed by atoms with Gasteiger partial charge in [-0.05, 0) is 24.6 Å². The van der Waals surface area contributed by atoms with Crippen LogP contribution >= 0.6 is 11.8 Å². The summed E-state index contributed by atoms with van der Waals surface area (Å²) < 4.78 is 10.8. The predicted molar refractivity (Wildman–Crippen MR) is 71.1 cm³/mol. The molecule has 1 aromatic rings. The molecule has 1 heterocycles. The second-order valence-electron chi connectivity index (χ2n) is 4.19. The smallest absolute Gasteiger partial charge is 0.132 e. The highest BCUT2D eigenvalue weighted by Crippen LogP contribution is 2.30. The summed E-state index contributed by atoms with van der Waals surface area (Å²) >= 11 is 1.82. The molecular formula is C13H19NO2S. The van der Waals surface area contributed by atoms with Crippen LogP contribution in [0.2, 0.25) is 0 Å². The van der Waals surface area contributed by atoms with E-state index in [2.05, 4.69) is 24.4 Å². The molecular weight excluding hydrogens is 234 g/mol. The van der Waals surface area contributed by atoms with Gasteiger partial charge >= 0.3 is 0 Å². The molecule has 0 spiro atoms. The molecule has 1 N–H and O–H groups in total. The second kappa shape index (κ2) is 6.28. The highest BCUT2D eigenvalue weighted by molar-refractivity contribution is 7.99. The van der Waals surface area contributed by atoms with E-state index in [1.165, 1.54) is 10.5 Å². The number of ether oxygens (including phenoxy) is 2. The van der Waals surface area contributed by atoms with Gasteiger partial charge in [-0.25, -0.2) is 0 Å². The minimum Gasteiger partial charge on any atom is -0.496 e. The Hall–Kier alpha value is -0.710. The Morgan fingerprint density at radius 2 is 2.41 bits per heavy atom. The Bertz CT molecular complexity index is 364. The lowest BCUT2D eigenvalue weighted by Gasteiger charge is -2.23. The van der Waals surface area contributed by atoms with E-state index < -0.39 is 0 Å². The van der Waals surface area contributed by atoms with E-state index in [1.807, 2.05) is 17.8 Å². The quantitative estimate of drug-likeness (QED) is 0.832. The van der Waals surface area contributed by atoms with Crippen LogP contribution in [0.25, 0.3) is 0 Å². The first kappa shape index (κ1) is 12.7. The fourth-order valence-electron chi connectivity index (χ4n) is 1.81. The standard InChI is InChI=1S/C13H19NO2S/c1-10-3-4-12(15-2)13(7-10)17-9-11-8-16-6-5-14-11/h3-4,7,11,14H,5-6,8-9H2,1-2H3. The van der Waals surface area contributed by atoms with Gasteiger partial charge in [-0.2, -0.15) is 0 Å². The van der Waals surface area contributed by atoms with E-state index in [1.54, 1.807) is 7.11 Å². The second-order valence-corrected chi connectivity index (χ2v) is 5.25. The summed E-state index contributed by atoms with van der Waals surface area (Å²) in [4.78, 5) is 1.21. The molecule has 1 atom stereocenters. The number of morpholine rings is 1. The van der Waals surface area contributed by atoms with Gasteiger partial charge in [-0.1, -0.05) is 6.07 Å². The van der Waals surface area contributed by atoms with Crippen molar-refractivity contribution in [3.8, 4) is 5.75 Å². The van der Waals surface area contributed by atoms with Crippen molar-refractivity contribution >= 4 is 11.8 Å². The minimum absolute atomic E-state index is 0.443. The van der Waals surface area contributed by atoms with Crippen LogP contribution in [-0.4, -0.2) is 38.7 Å². The molecule has 0 amide bonds. The number of thioether (sulfide) groups is 1. The van der Waals surface area contributed by atoms with E-state index in [0.717, 1.165) is 31.3 Å². The highest BCUT2D eigenvalue weighted by Gasteiger charge is 2.14. The zero-order chi connectivity index (χ0) is 12.1. The normalized spacial score (nSPS) is 20.2. The van der Waals surface area contributed by atoms with Gasteiger partial charge in [-0.15, -0.1) is 11.8 Å². The van der Waals surface area contributed by atoms with Crippen LogP contribution in [0.5, 0.6) is 5.75 Å². The third-order valence-electron chi connectivity index (χ3n) is 2.76. The monoisotopic (exact) mass is 253 g/mol. The van der Waals surface area contributed by atoms with Crippen LogP contribution < -0.4 is 10.1 Å². The largest absolute Gasteiger partial charge is 0.496 e. The van der Waals surface area contributed by atoms with Gasteiger partial charge in [0, 0.05) is 23.2 Å². The van der Waals surface area contributed by atoms with Crippen molar-refractivity contribution < 1.29 is 9.47 Å². The van der Waals surface area contributed by atoms with Gasteiger partial charge in [0.2, 0.25) is 0 Å². The first-order valence-corrected chi connectivity index (χ1v) is 6.86. The summed E-state index contributed by atoms with van der Waals surface area (Å²) in [6.07, 6.45) is 0. The van der Waals surface area contributed by atoms with Gasteiger partial charge in [0.1, 0.15) is 5.75 Å². The topological polar surface area (TPSA) is 30.5 Å². The number of benzene rings is 1. The number of aryl methyl sites for hydroxylation is 1. The van der Waals surface area contributed by atoms with Crippen molar-refractivity contribution in [1.29, 1.82) is 0 Å². The maximum absolute atomic E-state index is 5.44. The Morgan fingerprint density at radius 1 is 1.53 bits per heavy atom. The summed E-state index contributed by atoms with van der Waals surface area (Å²) in [6, 6.07) is 6.72. The summed E-state index contributed by atoms with van der Waals surface area (Å²) in [6.45, 7) is 4.69. The van der Waals surface area contributed by atoms with Gasteiger partial charge in [0.25, 0.3) is 0 Å². The SMILES string of the molecule is COc1ccc(C)cc1SCC1COCCN1. The summed E-state index contributed by atoms with van der Waals surface area (Å²) in [7, 11) is 1.72. The minimum atomic E-state index is 0.443. The average Bonchev–Trinajstić information content (AvgIpc) is 2.38. The number of methoxy groups -OCH3 is 1. The van der Waals surface area contributed by atoms with Crippen LogP contribution in [0.1, 0.15) is 5.56 Å². The molecule has 4 heteroatoms. The maximum Gasteiger partial charge on any atom is 0.132 e. The summed E-state index contributed by atoms with van der Waals surface area (Å²) in [5, 5.41) is 3.45. The van der Waals surface area contributed by atoms with E-state index in [9.17, 15) is 0 Å². The molecule has 2 rings (SSSR count). The van der Waals surface area contributed by atoms with Crippen LogP contribution in [0.15, 0.2) is 23.1 Å². The number of hydrogen-bond donors (Lipinski definition) is 1. The molecule has 0 aromatic heterocycles. The van der Waals surface area contributed by atoms with Crippen LogP contribution in [0.4, 0.5) is 0 Å². The van der Waals surface area contributed by atoms with Crippen LogP contribution in [0, 0.1) is 6.92 Å². The molecule has 0 aliphatic carbocycles. The Kier molecular flexibility index (Phi) is 4.71. The molecule has 1 aliphatic heterocycles. The Balaban J connectivity index is 1.95. The molecule has 17 heavy (non-hydrogen) atoms. The number of hydrogen-bond acceptors (Lipinski definition) is 4.